The number of halogens is 2. The molecule has 0 aliphatic heterocycles. The molecule has 0 aliphatic carbocycles. The fraction of sp³-hybridized carbons (Fsp3) is 0.217. The van der Waals surface area contributed by atoms with Gasteiger partial charge in [0.25, 0.3) is 0 Å². The van der Waals surface area contributed by atoms with E-state index >= 15 is 0 Å². The Morgan fingerprint density at radius 3 is 2.25 bits per heavy atom. The highest BCUT2D eigenvalue weighted by Gasteiger charge is 2.15. The molecule has 0 unspecified atom stereocenters. The van der Waals surface area contributed by atoms with Crippen LogP contribution in [0.5, 0.6) is 0 Å². The zero-order chi connectivity index (χ0) is 23.1. The monoisotopic (exact) mass is 472 g/mol. The van der Waals surface area contributed by atoms with Gasteiger partial charge in [0.2, 0.25) is 6.41 Å². The Hall–Kier alpha value is -3.00. The van der Waals surface area contributed by atoms with Gasteiger partial charge in [0.1, 0.15) is 6.61 Å². The second kappa shape index (κ2) is 11.0. The van der Waals surface area contributed by atoms with E-state index in [2.05, 4.69) is 10.2 Å². The second-order valence-corrected chi connectivity index (χ2v) is 7.79. The number of ketones is 1. The van der Waals surface area contributed by atoms with E-state index in [0.717, 1.165) is 21.4 Å². The highest BCUT2D eigenvalue weighted by molar-refractivity contribution is 6.31. The summed E-state index contributed by atoms with van der Waals surface area (Å²) in [6.07, 6.45) is 2.17. The first kappa shape index (κ1) is 23.7. The minimum atomic E-state index is -0.134. The third kappa shape index (κ3) is 5.82. The maximum absolute atomic E-state index is 12.1. The number of benzene rings is 2. The Kier molecular flexibility index (Phi) is 8.16. The quantitative estimate of drug-likeness (QED) is 0.348. The predicted molar refractivity (Wildman–Crippen MR) is 125 cm³/mol. The van der Waals surface area contributed by atoms with Gasteiger partial charge in [-0.25, -0.2) is 0 Å². The van der Waals surface area contributed by atoms with Crippen LogP contribution in [0.4, 0.5) is 0 Å². The van der Waals surface area contributed by atoms with Gasteiger partial charge in [-0.05, 0) is 42.3 Å². The molecule has 3 rings (SSSR count). The van der Waals surface area contributed by atoms with Crippen molar-refractivity contribution in [3.8, 4) is 22.3 Å². The molecule has 0 bridgehead atoms. The van der Waals surface area contributed by atoms with E-state index < -0.39 is 0 Å². The largest absolute Gasteiger partial charge is 0.374 e. The van der Waals surface area contributed by atoms with Crippen molar-refractivity contribution in [3.05, 3.63) is 70.3 Å². The van der Waals surface area contributed by atoms with Gasteiger partial charge >= 0.3 is 0 Å². The van der Waals surface area contributed by atoms with Crippen LogP contribution in [-0.2, 0) is 14.3 Å². The topological polar surface area (TPSA) is 76.8 Å². The molecule has 0 atom stereocenters. The Morgan fingerprint density at radius 1 is 1.09 bits per heavy atom. The van der Waals surface area contributed by atoms with E-state index in [1.807, 2.05) is 31.2 Å². The van der Waals surface area contributed by atoms with Crippen molar-refractivity contribution in [2.45, 2.75) is 6.92 Å². The summed E-state index contributed by atoms with van der Waals surface area (Å²) in [5, 5.41) is 11.4. The number of likely N-dealkylation sites (N-methyl/N-ethyl adjacent to an activating group) is 1. The lowest BCUT2D eigenvalue weighted by atomic mass is 9.97. The number of aromatic nitrogens is 2. The summed E-state index contributed by atoms with van der Waals surface area (Å²) >= 11 is 12.1. The number of nitrogens with zero attached hydrogens (tertiary/aromatic N) is 4. The molecule has 0 amide bonds. The summed E-state index contributed by atoms with van der Waals surface area (Å²) in [4.78, 5) is 23.9. The van der Waals surface area contributed by atoms with Crippen molar-refractivity contribution >= 4 is 35.4 Å². The van der Waals surface area contributed by atoms with E-state index in [4.69, 9.17) is 27.9 Å². The van der Waals surface area contributed by atoms with Crippen LogP contribution in [0.3, 0.4) is 0 Å². The molecular formula is C23H22Cl2N4O3. The third-order valence-electron chi connectivity index (χ3n) is 4.55. The van der Waals surface area contributed by atoms with Gasteiger partial charge in [-0.1, -0.05) is 47.5 Å². The molecule has 3 aromatic rings. The van der Waals surface area contributed by atoms with E-state index in [1.165, 1.54) is 5.01 Å². The van der Waals surface area contributed by atoms with Crippen LogP contribution in [0.1, 0.15) is 6.92 Å². The van der Waals surface area contributed by atoms with Gasteiger partial charge in [0, 0.05) is 34.8 Å². The highest BCUT2D eigenvalue weighted by Crippen LogP contribution is 2.30. The summed E-state index contributed by atoms with van der Waals surface area (Å²) in [6, 6.07) is 14.5. The van der Waals surface area contributed by atoms with Crippen molar-refractivity contribution in [1.82, 2.24) is 14.8 Å². The fourth-order valence-corrected chi connectivity index (χ4v) is 3.36. The molecule has 32 heavy (non-hydrogen) atoms. The van der Waals surface area contributed by atoms with Crippen LogP contribution < -0.4 is 5.49 Å². The molecular weight excluding hydrogens is 451 g/mol. The zero-order valence-corrected chi connectivity index (χ0v) is 19.2. The first-order valence-corrected chi connectivity index (χ1v) is 10.6. The minimum absolute atomic E-state index is 0.00283. The van der Waals surface area contributed by atoms with Crippen molar-refractivity contribution in [3.63, 3.8) is 0 Å². The van der Waals surface area contributed by atoms with Crippen LogP contribution in [0.15, 0.2) is 59.8 Å². The molecule has 2 aromatic carbocycles. The van der Waals surface area contributed by atoms with Crippen LogP contribution >= 0.6 is 23.2 Å². The molecule has 9 heteroatoms. The molecule has 1 heterocycles. The van der Waals surface area contributed by atoms with Gasteiger partial charge < -0.3 is 4.74 Å². The smallest absolute Gasteiger partial charge is 0.236 e. The van der Waals surface area contributed by atoms with Gasteiger partial charge in [-0.3, -0.25) is 14.6 Å². The predicted octanol–water partition coefficient (Wildman–Crippen LogP) is 3.92. The maximum atomic E-state index is 12.1. The Morgan fingerprint density at radius 2 is 1.69 bits per heavy atom. The summed E-state index contributed by atoms with van der Waals surface area (Å²) in [5.41, 5.74) is 3.31. The summed E-state index contributed by atoms with van der Waals surface area (Å²) in [6.45, 7) is 2.29. The van der Waals surface area contributed by atoms with Gasteiger partial charge in [-0.15, -0.1) is 0 Å². The number of Topliss-reactive ketones (excluding diaryl/α,β-unsaturated/α-hetero) is 1. The fourth-order valence-electron chi connectivity index (χ4n) is 3.11. The van der Waals surface area contributed by atoms with Gasteiger partial charge in [-0.2, -0.15) is 14.9 Å². The Balaban J connectivity index is 2.20. The van der Waals surface area contributed by atoms with Crippen LogP contribution in [0.25, 0.3) is 22.3 Å². The van der Waals surface area contributed by atoms with Gasteiger partial charge in [0.15, 0.2) is 11.3 Å². The molecule has 7 nitrogen and oxygen atoms in total. The number of carbonyl (C=O) groups is 2. The normalized spacial score (nSPS) is 11.4. The molecule has 0 saturated carbocycles. The number of carbonyl (C=O) groups excluding carboxylic acids is 2. The minimum Gasteiger partial charge on any atom is -0.374 e. The Bertz CT molecular complexity index is 1160. The molecule has 0 fully saturated rings. The number of ether oxygens (including phenoxy) is 1. The molecule has 0 spiro atoms. The average molecular weight is 473 g/mol. The summed E-state index contributed by atoms with van der Waals surface area (Å²) in [7, 11) is 1.65. The standard InChI is InChI=1S/C23H22Cl2N4O3/c1-3-32-14-20(31)13-28(2)27-23-22(17-6-10-19(25)11-7-17)21(12-26-29(23)15-30)16-4-8-18(24)9-5-16/h4-12,15H,3,13-14H2,1-2H3/b27-23-. The molecule has 0 saturated heterocycles. The van der Waals surface area contributed by atoms with E-state index in [9.17, 15) is 9.59 Å². The SMILES string of the molecule is CCOCC(=O)CN(C)/N=c1/c(-c2ccc(Cl)cc2)c(-c2ccc(Cl)cc2)cnn1C=O. The van der Waals surface area contributed by atoms with Crippen LogP contribution in [0, 0.1) is 0 Å². The number of hydrogen-bond acceptors (Lipinski definition) is 6. The van der Waals surface area contributed by atoms with Crippen molar-refractivity contribution < 1.29 is 14.3 Å². The summed E-state index contributed by atoms with van der Waals surface area (Å²) in [5.74, 6) is -0.134. The first-order chi connectivity index (χ1) is 15.4. The van der Waals surface area contributed by atoms with E-state index in [0.29, 0.717) is 28.6 Å². The number of hydrogen-bond donors (Lipinski definition) is 0. The number of rotatable bonds is 9. The lowest BCUT2D eigenvalue weighted by molar-refractivity contribution is -0.124. The zero-order valence-electron chi connectivity index (χ0n) is 17.7. The summed E-state index contributed by atoms with van der Waals surface area (Å²) < 4.78 is 6.30. The lowest BCUT2D eigenvalue weighted by Crippen LogP contribution is -2.32. The van der Waals surface area contributed by atoms with Crippen molar-refractivity contribution in [1.29, 1.82) is 0 Å². The maximum Gasteiger partial charge on any atom is 0.236 e. The Labute approximate surface area is 195 Å². The molecule has 1 aromatic heterocycles. The van der Waals surface area contributed by atoms with E-state index in [1.54, 1.807) is 37.5 Å². The third-order valence-corrected chi connectivity index (χ3v) is 5.05. The van der Waals surface area contributed by atoms with Crippen molar-refractivity contribution in [2.75, 3.05) is 26.8 Å². The molecule has 0 aliphatic rings. The highest BCUT2D eigenvalue weighted by atomic mass is 35.5. The molecule has 0 N–H and O–H groups in total. The molecule has 166 valence electrons. The average Bonchev–Trinajstić information content (AvgIpc) is 2.78. The lowest BCUT2D eigenvalue weighted by Gasteiger charge is -2.16. The van der Waals surface area contributed by atoms with Crippen LogP contribution in [-0.4, -0.2) is 53.8 Å². The second-order valence-electron chi connectivity index (χ2n) is 6.91. The first-order valence-electron chi connectivity index (χ1n) is 9.87. The van der Waals surface area contributed by atoms with Crippen LogP contribution in [0.2, 0.25) is 10.0 Å². The van der Waals surface area contributed by atoms with Crippen molar-refractivity contribution in [2.24, 2.45) is 5.10 Å². The van der Waals surface area contributed by atoms with E-state index in [-0.39, 0.29) is 24.4 Å². The molecule has 0 radical (unpaired) electrons. The van der Waals surface area contributed by atoms with Gasteiger partial charge in [0.05, 0.1) is 12.7 Å².